The third kappa shape index (κ3) is 2.65. The Labute approximate surface area is 104 Å². The lowest BCUT2D eigenvalue weighted by molar-refractivity contribution is 0.451. The number of benzene rings is 1. The molecule has 5 heteroatoms. The van der Waals surface area contributed by atoms with Gasteiger partial charge >= 0.3 is 0 Å². The van der Waals surface area contributed by atoms with Gasteiger partial charge in [0.1, 0.15) is 5.75 Å². The van der Waals surface area contributed by atoms with Crippen molar-refractivity contribution in [2.45, 2.75) is 13.8 Å². The maximum absolute atomic E-state index is 5.80. The average Bonchev–Trinajstić information content (AvgIpc) is 2.29. The zero-order valence-corrected chi connectivity index (χ0v) is 10.3. The molecule has 0 unspecified atom stereocenters. The van der Waals surface area contributed by atoms with Gasteiger partial charge < -0.3 is 10.5 Å². The van der Waals surface area contributed by atoms with Crippen LogP contribution >= 0.6 is 11.6 Å². The lowest BCUT2D eigenvalue weighted by atomic mass is 10.1. The average molecular weight is 250 g/mol. The molecule has 2 aromatic rings. The third-order valence-electron chi connectivity index (χ3n) is 2.39. The first-order chi connectivity index (χ1) is 8.06. The summed E-state index contributed by atoms with van der Waals surface area (Å²) in [4.78, 5) is 0. The predicted octanol–water partition coefficient (Wildman–Crippen LogP) is 3.12. The molecule has 0 radical (unpaired) electrons. The van der Waals surface area contributed by atoms with Crippen LogP contribution in [0.15, 0.2) is 24.3 Å². The lowest BCUT2D eigenvalue weighted by Gasteiger charge is -2.10. The second kappa shape index (κ2) is 4.59. The Bertz CT molecular complexity index is 540. The van der Waals surface area contributed by atoms with Crippen LogP contribution in [0.25, 0.3) is 0 Å². The summed E-state index contributed by atoms with van der Waals surface area (Å²) in [5.74, 6) is 1.12. The van der Waals surface area contributed by atoms with Gasteiger partial charge in [-0.1, -0.05) is 11.6 Å². The van der Waals surface area contributed by atoms with Gasteiger partial charge in [-0.25, -0.2) is 0 Å². The Hall–Kier alpha value is -1.81. The molecule has 2 rings (SSSR count). The molecule has 0 fully saturated rings. The Morgan fingerprint density at radius 1 is 1.12 bits per heavy atom. The van der Waals surface area contributed by atoms with Crippen molar-refractivity contribution in [1.82, 2.24) is 10.2 Å². The molecule has 2 N–H and O–H groups in total. The van der Waals surface area contributed by atoms with Gasteiger partial charge in [-0.15, -0.1) is 10.2 Å². The van der Waals surface area contributed by atoms with Crippen molar-refractivity contribution in [3.8, 4) is 11.6 Å². The maximum atomic E-state index is 5.80. The van der Waals surface area contributed by atoms with E-state index in [9.17, 15) is 0 Å². The highest BCUT2D eigenvalue weighted by atomic mass is 35.5. The minimum absolute atomic E-state index is 0.336. The number of anilines is 1. The fourth-order valence-electron chi connectivity index (χ4n) is 1.39. The summed E-state index contributed by atoms with van der Waals surface area (Å²) < 4.78 is 5.61. The van der Waals surface area contributed by atoms with E-state index in [0.29, 0.717) is 16.8 Å². The van der Waals surface area contributed by atoms with Crippen molar-refractivity contribution in [1.29, 1.82) is 0 Å². The quantitative estimate of drug-likeness (QED) is 0.831. The lowest BCUT2D eigenvalue weighted by Crippen LogP contribution is -1.96. The zero-order chi connectivity index (χ0) is 12.4. The second-order valence-electron chi connectivity index (χ2n) is 3.77. The summed E-state index contributed by atoms with van der Waals surface area (Å²) in [5.41, 5.74) is 8.46. The minimum atomic E-state index is 0.336. The van der Waals surface area contributed by atoms with Crippen LogP contribution in [0.4, 0.5) is 5.69 Å². The first kappa shape index (κ1) is 11.7. The van der Waals surface area contributed by atoms with Gasteiger partial charge in [0.05, 0.1) is 0 Å². The maximum Gasteiger partial charge on any atom is 0.238 e. The van der Waals surface area contributed by atoms with Crippen LogP contribution in [0.1, 0.15) is 11.1 Å². The summed E-state index contributed by atoms with van der Waals surface area (Å²) in [7, 11) is 0. The molecule has 1 aromatic carbocycles. The van der Waals surface area contributed by atoms with E-state index in [1.54, 1.807) is 12.1 Å². The van der Waals surface area contributed by atoms with Crippen LogP contribution in [0, 0.1) is 13.8 Å². The first-order valence-electron chi connectivity index (χ1n) is 5.10. The summed E-state index contributed by atoms with van der Waals surface area (Å²) in [6.45, 7) is 3.85. The molecular weight excluding hydrogens is 238 g/mol. The number of nitrogens with zero attached hydrogens (tertiary/aromatic N) is 2. The van der Waals surface area contributed by atoms with Gasteiger partial charge in [-0.3, -0.25) is 0 Å². The van der Waals surface area contributed by atoms with Gasteiger partial charge in [0, 0.05) is 11.8 Å². The van der Waals surface area contributed by atoms with E-state index < -0.39 is 0 Å². The second-order valence-corrected chi connectivity index (χ2v) is 4.16. The van der Waals surface area contributed by atoms with Gasteiger partial charge in [0.25, 0.3) is 0 Å². The molecule has 0 atom stereocenters. The van der Waals surface area contributed by atoms with Crippen LogP contribution in [-0.4, -0.2) is 10.2 Å². The molecule has 1 heterocycles. The number of hydrogen-bond donors (Lipinski definition) is 1. The fraction of sp³-hybridized carbons (Fsp3) is 0.167. The Morgan fingerprint density at radius 2 is 1.88 bits per heavy atom. The van der Waals surface area contributed by atoms with Crippen molar-refractivity contribution in [3.63, 3.8) is 0 Å². The number of nitrogens with two attached hydrogens (primary N) is 1. The van der Waals surface area contributed by atoms with Crippen molar-refractivity contribution in [2.75, 3.05) is 5.73 Å². The van der Waals surface area contributed by atoms with E-state index >= 15 is 0 Å². The molecule has 88 valence electrons. The topological polar surface area (TPSA) is 61.0 Å². The monoisotopic (exact) mass is 249 g/mol. The molecule has 0 aliphatic carbocycles. The number of nitrogen functional groups attached to an aromatic ring is 1. The van der Waals surface area contributed by atoms with Crippen molar-refractivity contribution in [2.24, 2.45) is 0 Å². The minimum Gasteiger partial charge on any atom is -0.437 e. The smallest absolute Gasteiger partial charge is 0.238 e. The van der Waals surface area contributed by atoms with Gasteiger partial charge in [-0.05, 0) is 43.2 Å². The van der Waals surface area contributed by atoms with E-state index in [1.807, 2.05) is 26.0 Å². The molecule has 0 aliphatic rings. The standard InChI is InChI=1S/C12H12ClN3O/c1-7-6-10(8(2)5-9(7)14)17-12-4-3-11(13)15-16-12/h3-6H,14H2,1-2H3. The largest absolute Gasteiger partial charge is 0.437 e. The van der Waals surface area contributed by atoms with Crippen molar-refractivity contribution >= 4 is 17.3 Å². The van der Waals surface area contributed by atoms with Crippen LogP contribution < -0.4 is 10.5 Å². The molecule has 0 bridgehead atoms. The molecule has 0 amide bonds. The van der Waals surface area contributed by atoms with Crippen molar-refractivity contribution in [3.05, 3.63) is 40.5 Å². The summed E-state index contributed by atoms with van der Waals surface area (Å²) in [6, 6.07) is 7.04. The SMILES string of the molecule is Cc1cc(Oc2ccc(Cl)nn2)c(C)cc1N. The normalized spacial score (nSPS) is 10.3. The highest BCUT2D eigenvalue weighted by molar-refractivity contribution is 6.29. The Balaban J connectivity index is 2.30. The fourth-order valence-corrected chi connectivity index (χ4v) is 1.49. The Kier molecular flexibility index (Phi) is 3.15. The van der Waals surface area contributed by atoms with E-state index in [0.717, 1.165) is 16.8 Å². The van der Waals surface area contributed by atoms with Gasteiger partial charge in [0.2, 0.25) is 5.88 Å². The highest BCUT2D eigenvalue weighted by Gasteiger charge is 2.06. The van der Waals surface area contributed by atoms with Crippen molar-refractivity contribution < 1.29 is 4.74 Å². The number of halogens is 1. The molecule has 17 heavy (non-hydrogen) atoms. The molecule has 0 saturated heterocycles. The number of aromatic nitrogens is 2. The summed E-state index contributed by atoms with van der Waals surface area (Å²) in [5, 5.41) is 7.88. The number of ether oxygens (including phenoxy) is 1. The van der Waals surface area contributed by atoms with Crippen LogP contribution in [0.3, 0.4) is 0 Å². The van der Waals surface area contributed by atoms with Crippen LogP contribution in [0.2, 0.25) is 5.15 Å². The van der Waals surface area contributed by atoms with E-state index in [4.69, 9.17) is 22.1 Å². The first-order valence-corrected chi connectivity index (χ1v) is 5.48. The number of hydrogen-bond acceptors (Lipinski definition) is 4. The van der Waals surface area contributed by atoms with E-state index in [-0.39, 0.29) is 0 Å². The highest BCUT2D eigenvalue weighted by Crippen LogP contribution is 2.27. The predicted molar refractivity (Wildman–Crippen MR) is 67.4 cm³/mol. The van der Waals surface area contributed by atoms with Gasteiger partial charge in [-0.2, -0.15) is 0 Å². The molecule has 4 nitrogen and oxygen atoms in total. The zero-order valence-electron chi connectivity index (χ0n) is 9.57. The number of rotatable bonds is 2. The summed E-state index contributed by atoms with van der Waals surface area (Å²) in [6.07, 6.45) is 0. The molecule has 0 aliphatic heterocycles. The van der Waals surface area contributed by atoms with Crippen LogP contribution in [-0.2, 0) is 0 Å². The molecule has 0 saturated carbocycles. The van der Waals surface area contributed by atoms with Gasteiger partial charge in [0.15, 0.2) is 5.15 Å². The molecule has 1 aromatic heterocycles. The Morgan fingerprint density at radius 3 is 2.53 bits per heavy atom. The van der Waals surface area contributed by atoms with E-state index in [1.165, 1.54) is 0 Å². The van der Waals surface area contributed by atoms with E-state index in [2.05, 4.69) is 10.2 Å². The molecule has 0 spiro atoms. The number of aryl methyl sites for hydroxylation is 2. The van der Waals surface area contributed by atoms with Crippen LogP contribution in [0.5, 0.6) is 11.6 Å². The summed E-state index contributed by atoms with van der Waals surface area (Å²) >= 11 is 5.65. The molecular formula is C12H12ClN3O. The third-order valence-corrected chi connectivity index (χ3v) is 2.59.